The van der Waals surface area contributed by atoms with Crippen LogP contribution in [0.5, 0.6) is 11.5 Å². The Morgan fingerprint density at radius 1 is 1.16 bits per heavy atom. The van der Waals surface area contributed by atoms with Crippen LogP contribution in [0.1, 0.15) is 16.7 Å². The maximum Gasteiger partial charge on any atom is 0.264 e. The summed E-state index contributed by atoms with van der Waals surface area (Å²) in [6, 6.07) is 9.17. The van der Waals surface area contributed by atoms with Gasteiger partial charge in [-0.2, -0.15) is 0 Å². The van der Waals surface area contributed by atoms with E-state index in [1.54, 1.807) is 19.1 Å². The van der Waals surface area contributed by atoms with E-state index in [0.717, 1.165) is 11.1 Å². The summed E-state index contributed by atoms with van der Waals surface area (Å²) in [5.74, 6) is 0.457. The lowest BCUT2D eigenvalue weighted by Crippen LogP contribution is -2.37. The first-order valence-electron chi connectivity index (χ1n) is 7.55. The number of aryl methyl sites for hydroxylation is 3. The van der Waals surface area contributed by atoms with E-state index in [9.17, 15) is 9.90 Å². The second-order valence-electron chi connectivity index (χ2n) is 5.74. The fraction of sp³-hybridized carbons (Fsp3) is 0.222. The highest BCUT2D eigenvalue weighted by Gasteiger charge is 2.09. The molecule has 2 aromatic rings. The molecule has 2 aromatic carbocycles. The maximum absolute atomic E-state index is 12.0. The molecule has 132 valence electrons. The van der Waals surface area contributed by atoms with Gasteiger partial charge in [0.2, 0.25) is 0 Å². The first kappa shape index (κ1) is 19.2. The second kappa shape index (κ2) is 8.31. The monoisotopic (exact) mass is 422 g/mol. The van der Waals surface area contributed by atoms with Crippen LogP contribution in [0.4, 0.5) is 5.69 Å². The van der Waals surface area contributed by atoms with Crippen molar-refractivity contribution in [3.63, 3.8) is 0 Å². The molecule has 5 nitrogen and oxygen atoms in total. The molecule has 0 aliphatic heterocycles. The largest absolute Gasteiger partial charge is 0.506 e. The van der Waals surface area contributed by atoms with E-state index in [4.69, 9.17) is 17.0 Å². The third-order valence-electron chi connectivity index (χ3n) is 3.33. The number of halogens is 1. The van der Waals surface area contributed by atoms with E-state index >= 15 is 0 Å². The number of aromatic hydroxyl groups is 1. The molecule has 25 heavy (non-hydrogen) atoms. The summed E-state index contributed by atoms with van der Waals surface area (Å²) < 4.78 is 6.04. The number of carbonyl (C=O) groups excluding carboxylic acids is 1. The Kier molecular flexibility index (Phi) is 6.39. The summed E-state index contributed by atoms with van der Waals surface area (Å²) in [6.07, 6.45) is 0. The lowest BCUT2D eigenvalue weighted by atomic mass is 10.1. The molecule has 0 aliphatic carbocycles. The summed E-state index contributed by atoms with van der Waals surface area (Å²) in [5, 5.41) is 15.4. The molecule has 0 aliphatic rings. The lowest BCUT2D eigenvalue weighted by molar-refractivity contribution is -0.121. The van der Waals surface area contributed by atoms with Crippen LogP contribution in [-0.4, -0.2) is 22.7 Å². The Morgan fingerprint density at radius 2 is 1.80 bits per heavy atom. The first-order chi connectivity index (χ1) is 11.7. The van der Waals surface area contributed by atoms with Crippen molar-refractivity contribution in [2.75, 3.05) is 11.9 Å². The molecule has 0 unspecified atom stereocenters. The molecule has 0 radical (unpaired) electrons. The molecular formula is C18H19BrN2O3S. The van der Waals surface area contributed by atoms with Crippen molar-refractivity contribution in [2.24, 2.45) is 0 Å². The van der Waals surface area contributed by atoms with Crippen LogP contribution < -0.4 is 15.4 Å². The fourth-order valence-electron chi connectivity index (χ4n) is 2.30. The average molecular weight is 423 g/mol. The molecule has 0 spiro atoms. The third-order valence-corrected chi connectivity index (χ3v) is 4.14. The van der Waals surface area contributed by atoms with Gasteiger partial charge < -0.3 is 15.2 Å². The molecule has 1 amide bonds. The average Bonchev–Trinajstić information content (AvgIpc) is 2.49. The second-order valence-corrected chi connectivity index (χ2v) is 7.00. The molecule has 7 heteroatoms. The third kappa shape index (κ3) is 5.72. The normalized spacial score (nSPS) is 10.2. The highest BCUT2D eigenvalue weighted by molar-refractivity contribution is 9.10. The highest BCUT2D eigenvalue weighted by Crippen LogP contribution is 2.30. The van der Waals surface area contributed by atoms with Crippen LogP contribution >= 0.6 is 28.1 Å². The highest BCUT2D eigenvalue weighted by atomic mass is 79.9. The molecule has 0 heterocycles. The Morgan fingerprint density at radius 3 is 2.40 bits per heavy atom. The van der Waals surface area contributed by atoms with Gasteiger partial charge in [-0.3, -0.25) is 10.1 Å². The summed E-state index contributed by atoms with van der Waals surface area (Å²) in [4.78, 5) is 12.0. The van der Waals surface area contributed by atoms with Gasteiger partial charge in [-0.25, -0.2) is 0 Å². The Hall–Kier alpha value is -2.12. The van der Waals surface area contributed by atoms with Gasteiger partial charge in [0.05, 0.1) is 4.47 Å². The van der Waals surface area contributed by atoms with Gasteiger partial charge in [0.25, 0.3) is 5.91 Å². The van der Waals surface area contributed by atoms with Crippen LogP contribution in [0.25, 0.3) is 0 Å². The zero-order chi connectivity index (χ0) is 18.6. The Balaban J connectivity index is 1.89. The van der Waals surface area contributed by atoms with Crippen LogP contribution in [-0.2, 0) is 4.79 Å². The number of thiocarbonyl (C=S) groups is 1. The smallest absolute Gasteiger partial charge is 0.264 e. The van der Waals surface area contributed by atoms with Crippen molar-refractivity contribution in [1.82, 2.24) is 5.32 Å². The topological polar surface area (TPSA) is 70.6 Å². The van der Waals surface area contributed by atoms with Crippen molar-refractivity contribution in [3.05, 3.63) is 51.5 Å². The number of phenolic OH excluding ortho intramolecular Hbond substituents is 1. The number of nitrogens with one attached hydrogen (secondary N) is 2. The molecule has 0 saturated carbocycles. The van der Waals surface area contributed by atoms with Gasteiger partial charge in [0.1, 0.15) is 11.5 Å². The van der Waals surface area contributed by atoms with E-state index in [1.165, 1.54) is 0 Å². The standard InChI is InChI=1S/C18H19BrN2O3S/c1-10-4-11(2)6-14(5-10)24-9-16(22)21-18(25)20-13-7-12(3)17(23)15(19)8-13/h4-8,23H,9H2,1-3H3,(H2,20,21,22,25). The molecule has 0 aromatic heterocycles. The lowest BCUT2D eigenvalue weighted by Gasteiger charge is -2.12. The minimum absolute atomic E-state index is 0.136. The van der Waals surface area contributed by atoms with Crippen molar-refractivity contribution >= 4 is 44.9 Å². The molecule has 2 rings (SSSR count). The van der Waals surface area contributed by atoms with Gasteiger partial charge in [0.15, 0.2) is 11.7 Å². The number of hydrogen-bond acceptors (Lipinski definition) is 4. The first-order valence-corrected chi connectivity index (χ1v) is 8.76. The number of amides is 1. The summed E-state index contributed by atoms with van der Waals surface area (Å²) in [6.45, 7) is 5.57. The van der Waals surface area contributed by atoms with Crippen LogP contribution in [0.2, 0.25) is 0 Å². The predicted octanol–water partition coefficient (Wildman–Crippen LogP) is 3.97. The number of rotatable bonds is 4. The van der Waals surface area contributed by atoms with Gasteiger partial charge in [0, 0.05) is 5.69 Å². The zero-order valence-corrected chi connectivity index (χ0v) is 16.5. The maximum atomic E-state index is 12.0. The molecule has 0 atom stereocenters. The number of carbonyl (C=O) groups is 1. The van der Waals surface area contributed by atoms with Gasteiger partial charge in [-0.15, -0.1) is 0 Å². The quantitative estimate of drug-likeness (QED) is 0.513. The summed E-state index contributed by atoms with van der Waals surface area (Å²) in [5.41, 5.74) is 3.48. The van der Waals surface area contributed by atoms with E-state index in [1.807, 2.05) is 32.0 Å². The fourth-order valence-corrected chi connectivity index (χ4v) is 3.09. The Labute approximate surface area is 160 Å². The number of ether oxygens (including phenoxy) is 1. The predicted molar refractivity (Wildman–Crippen MR) is 106 cm³/mol. The van der Waals surface area contributed by atoms with Crippen LogP contribution in [0.3, 0.4) is 0 Å². The van der Waals surface area contributed by atoms with Gasteiger partial charge >= 0.3 is 0 Å². The number of anilines is 1. The van der Waals surface area contributed by atoms with E-state index in [0.29, 0.717) is 21.5 Å². The van der Waals surface area contributed by atoms with Crippen molar-refractivity contribution in [2.45, 2.75) is 20.8 Å². The van der Waals surface area contributed by atoms with Gasteiger partial charge in [-0.1, -0.05) is 6.07 Å². The Bertz CT molecular complexity index is 781. The number of benzene rings is 2. The number of phenols is 1. The van der Waals surface area contributed by atoms with Crippen LogP contribution in [0.15, 0.2) is 34.8 Å². The van der Waals surface area contributed by atoms with Crippen LogP contribution in [0, 0.1) is 20.8 Å². The van der Waals surface area contributed by atoms with Crippen molar-refractivity contribution < 1.29 is 14.6 Å². The van der Waals surface area contributed by atoms with E-state index in [-0.39, 0.29) is 23.4 Å². The molecule has 0 bridgehead atoms. The van der Waals surface area contributed by atoms with E-state index < -0.39 is 0 Å². The van der Waals surface area contributed by atoms with Gasteiger partial charge in [-0.05, 0) is 89.9 Å². The minimum atomic E-state index is -0.355. The molecular weight excluding hydrogens is 404 g/mol. The van der Waals surface area contributed by atoms with Crippen molar-refractivity contribution in [3.8, 4) is 11.5 Å². The SMILES string of the molecule is Cc1cc(C)cc(OCC(=O)NC(=S)Nc2cc(C)c(O)c(Br)c2)c1. The van der Waals surface area contributed by atoms with Crippen molar-refractivity contribution in [1.29, 1.82) is 0 Å². The molecule has 0 saturated heterocycles. The number of hydrogen-bond donors (Lipinski definition) is 3. The zero-order valence-electron chi connectivity index (χ0n) is 14.1. The summed E-state index contributed by atoms with van der Waals surface area (Å²) >= 11 is 8.39. The van der Waals surface area contributed by atoms with E-state index in [2.05, 4.69) is 26.6 Å². The molecule has 0 fully saturated rings. The molecule has 3 N–H and O–H groups in total. The minimum Gasteiger partial charge on any atom is -0.506 e. The summed E-state index contributed by atoms with van der Waals surface area (Å²) in [7, 11) is 0.